The molecule has 5 nitrogen and oxygen atoms in total. The van der Waals surface area contributed by atoms with Crippen LogP contribution in [0.15, 0.2) is 79.1 Å². The van der Waals surface area contributed by atoms with Crippen molar-refractivity contribution >= 4 is 0 Å². The van der Waals surface area contributed by atoms with Gasteiger partial charge in [-0.2, -0.15) is 13.2 Å². The minimum atomic E-state index is -4.46. The van der Waals surface area contributed by atoms with E-state index in [2.05, 4.69) is 15.2 Å². The van der Waals surface area contributed by atoms with Crippen molar-refractivity contribution in [2.24, 2.45) is 0 Å². The summed E-state index contributed by atoms with van der Waals surface area (Å²) in [7, 11) is 0. The lowest BCUT2D eigenvalue weighted by Gasteiger charge is -2.12. The molecular weight excluding hydrogens is 381 g/mol. The summed E-state index contributed by atoms with van der Waals surface area (Å²) < 4.78 is 46.4. The SMILES string of the molecule is FC(F)(F)c1cccc(Oc2nnc(-c3ccncc3)n2Cc2ccccc2)c1. The number of pyridine rings is 1. The number of alkyl halides is 3. The molecule has 0 saturated heterocycles. The lowest BCUT2D eigenvalue weighted by Crippen LogP contribution is -2.06. The van der Waals surface area contributed by atoms with Crippen molar-refractivity contribution in [1.82, 2.24) is 19.7 Å². The molecule has 2 heterocycles. The zero-order chi connectivity index (χ0) is 20.3. The first kappa shape index (κ1) is 18.7. The van der Waals surface area contributed by atoms with Crippen LogP contribution in [-0.4, -0.2) is 19.7 Å². The standard InChI is InChI=1S/C21H15F3N4O/c22-21(23,24)17-7-4-8-18(13-17)29-20-27-26-19(16-9-11-25-12-10-16)28(20)14-15-5-2-1-3-6-15/h1-13H,14H2. The summed E-state index contributed by atoms with van der Waals surface area (Å²) in [5.74, 6) is 0.557. The summed E-state index contributed by atoms with van der Waals surface area (Å²) in [6, 6.07) is 17.9. The van der Waals surface area contributed by atoms with Crippen molar-refractivity contribution in [3.05, 3.63) is 90.3 Å². The van der Waals surface area contributed by atoms with Gasteiger partial charge in [-0.25, -0.2) is 0 Å². The normalized spacial score (nSPS) is 11.4. The molecule has 0 N–H and O–H groups in total. The third kappa shape index (κ3) is 4.26. The Morgan fingerprint density at radius 2 is 1.62 bits per heavy atom. The molecule has 0 saturated carbocycles. The average molecular weight is 396 g/mol. The molecule has 2 aromatic carbocycles. The number of hydrogen-bond donors (Lipinski definition) is 0. The van der Waals surface area contributed by atoms with Gasteiger partial charge in [0.15, 0.2) is 5.82 Å². The third-order valence-electron chi connectivity index (χ3n) is 4.21. The van der Waals surface area contributed by atoms with Gasteiger partial charge >= 0.3 is 12.2 Å². The number of rotatable bonds is 5. The topological polar surface area (TPSA) is 52.8 Å². The largest absolute Gasteiger partial charge is 0.424 e. The van der Waals surface area contributed by atoms with Crippen molar-refractivity contribution < 1.29 is 17.9 Å². The second-order valence-corrected chi connectivity index (χ2v) is 6.24. The van der Waals surface area contributed by atoms with E-state index < -0.39 is 11.7 Å². The van der Waals surface area contributed by atoms with E-state index >= 15 is 0 Å². The lowest BCUT2D eigenvalue weighted by molar-refractivity contribution is -0.137. The summed E-state index contributed by atoms with van der Waals surface area (Å²) in [5.41, 5.74) is 0.942. The Morgan fingerprint density at radius 3 is 2.34 bits per heavy atom. The second-order valence-electron chi connectivity index (χ2n) is 6.24. The number of ether oxygens (including phenoxy) is 1. The molecule has 0 spiro atoms. The number of hydrogen-bond acceptors (Lipinski definition) is 4. The van der Waals surface area contributed by atoms with Gasteiger partial charge in [-0.05, 0) is 35.9 Å². The second kappa shape index (κ2) is 7.75. The van der Waals surface area contributed by atoms with Gasteiger partial charge in [0.05, 0.1) is 12.1 Å². The fourth-order valence-corrected chi connectivity index (χ4v) is 2.83. The molecule has 8 heteroatoms. The molecule has 0 atom stereocenters. The van der Waals surface area contributed by atoms with Gasteiger partial charge in [-0.3, -0.25) is 9.55 Å². The zero-order valence-corrected chi connectivity index (χ0v) is 15.0. The lowest BCUT2D eigenvalue weighted by atomic mass is 10.2. The van der Waals surface area contributed by atoms with Gasteiger partial charge in [0.1, 0.15) is 5.75 Å². The van der Waals surface area contributed by atoms with Crippen LogP contribution in [0, 0.1) is 0 Å². The number of benzene rings is 2. The highest BCUT2D eigenvalue weighted by molar-refractivity contribution is 5.55. The minimum absolute atomic E-state index is 0.0304. The highest BCUT2D eigenvalue weighted by atomic mass is 19.4. The van der Waals surface area contributed by atoms with Crippen LogP contribution in [0.4, 0.5) is 13.2 Å². The highest BCUT2D eigenvalue weighted by Crippen LogP contribution is 2.33. The van der Waals surface area contributed by atoms with Crippen molar-refractivity contribution in [2.75, 3.05) is 0 Å². The van der Waals surface area contributed by atoms with E-state index in [-0.39, 0.29) is 11.8 Å². The van der Waals surface area contributed by atoms with Gasteiger partial charge in [-0.1, -0.05) is 41.5 Å². The van der Waals surface area contributed by atoms with Gasteiger partial charge in [0.2, 0.25) is 0 Å². The fourth-order valence-electron chi connectivity index (χ4n) is 2.83. The zero-order valence-electron chi connectivity index (χ0n) is 15.0. The molecule has 0 aliphatic heterocycles. The van der Waals surface area contributed by atoms with Gasteiger partial charge in [-0.15, -0.1) is 5.10 Å². The predicted octanol–water partition coefficient (Wildman–Crippen LogP) is 5.20. The van der Waals surface area contributed by atoms with Crippen molar-refractivity contribution in [3.63, 3.8) is 0 Å². The summed E-state index contributed by atoms with van der Waals surface area (Å²) in [5, 5.41) is 8.25. The van der Waals surface area contributed by atoms with Crippen LogP contribution in [0.2, 0.25) is 0 Å². The Morgan fingerprint density at radius 1 is 0.862 bits per heavy atom. The molecule has 0 bridgehead atoms. The van der Waals surface area contributed by atoms with E-state index in [0.29, 0.717) is 12.4 Å². The monoisotopic (exact) mass is 396 g/mol. The Hall–Kier alpha value is -3.68. The number of halogens is 3. The minimum Gasteiger partial charge on any atom is -0.424 e. The Balaban J connectivity index is 1.73. The molecular formula is C21H15F3N4O. The summed E-state index contributed by atoms with van der Waals surface area (Å²) >= 11 is 0. The first-order chi connectivity index (χ1) is 14.0. The quantitative estimate of drug-likeness (QED) is 0.465. The summed E-state index contributed by atoms with van der Waals surface area (Å²) in [6.07, 6.45) is -1.20. The molecule has 146 valence electrons. The third-order valence-corrected chi connectivity index (χ3v) is 4.21. The molecule has 0 unspecified atom stereocenters. The van der Waals surface area contributed by atoms with E-state index in [0.717, 1.165) is 23.3 Å². The van der Waals surface area contributed by atoms with Gasteiger partial charge < -0.3 is 4.74 Å². The molecule has 0 aliphatic carbocycles. The van der Waals surface area contributed by atoms with Gasteiger partial charge in [0.25, 0.3) is 0 Å². The predicted molar refractivity (Wildman–Crippen MR) is 100 cm³/mol. The maximum Gasteiger partial charge on any atom is 0.416 e. The number of aromatic nitrogens is 4. The molecule has 0 radical (unpaired) electrons. The average Bonchev–Trinajstić information content (AvgIpc) is 3.11. The fraction of sp³-hybridized carbons (Fsp3) is 0.0952. The molecule has 4 rings (SSSR count). The molecule has 0 aliphatic rings. The van der Waals surface area contributed by atoms with Crippen LogP contribution >= 0.6 is 0 Å². The van der Waals surface area contributed by atoms with E-state index in [1.54, 1.807) is 29.1 Å². The summed E-state index contributed by atoms with van der Waals surface area (Å²) in [6.45, 7) is 0.389. The van der Waals surface area contributed by atoms with E-state index in [4.69, 9.17) is 4.74 Å². The van der Waals surface area contributed by atoms with Gasteiger partial charge in [0, 0.05) is 18.0 Å². The molecule has 0 fully saturated rings. The van der Waals surface area contributed by atoms with Crippen LogP contribution in [0.1, 0.15) is 11.1 Å². The van der Waals surface area contributed by atoms with Crippen molar-refractivity contribution in [2.45, 2.75) is 12.7 Å². The molecule has 2 aromatic heterocycles. The van der Waals surface area contributed by atoms with E-state index in [9.17, 15) is 13.2 Å². The van der Waals surface area contributed by atoms with E-state index in [1.165, 1.54) is 12.1 Å². The first-order valence-corrected chi connectivity index (χ1v) is 8.73. The highest BCUT2D eigenvalue weighted by Gasteiger charge is 2.30. The molecule has 29 heavy (non-hydrogen) atoms. The molecule has 0 amide bonds. The van der Waals surface area contributed by atoms with Crippen LogP contribution in [-0.2, 0) is 12.7 Å². The Bertz CT molecular complexity index is 1100. The van der Waals surface area contributed by atoms with Crippen LogP contribution in [0.3, 0.4) is 0 Å². The van der Waals surface area contributed by atoms with Crippen molar-refractivity contribution in [3.8, 4) is 23.1 Å². The van der Waals surface area contributed by atoms with Crippen LogP contribution in [0.25, 0.3) is 11.4 Å². The smallest absolute Gasteiger partial charge is 0.416 e. The number of nitrogens with zero attached hydrogens (tertiary/aromatic N) is 4. The Kier molecular flexibility index (Phi) is 4.99. The maximum absolute atomic E-state index is 13.0. The van der Waals surface area contributed by atoms with Crippen molar-refractivity contribution in [1.29, 1.82) is 0 Å². The Labute approximate surface area is 164 Å². The first-order valence-electron chi connectivity index (χ1n) is 8.73. The van der Waals surface area contributed by atoms with Crippen LogP contribution < -0.4 is 4.74 Å². The van der Waals surface area contributed by atoms with Crippen LogP contribution in [0.5, 0.6) is 11.8 Å². The van der Waals surface area contributed by atoms with E-state index in [1.807, 2.05) is 30.3 Å². The molecule has 4 aromatic rings. The maximum atomic E-state index is 13.0. The summed E-state index contributed by atoms with van der Waals surface area (Å²) in [4.78, 5) is 4.00.